The molecule has 4 heteroatoms. The zero-order valence-corrected chi connectivity index (χ0v) is 12.6. The van der Waals surface area contributed by atoms with Crippen LogP contribution in [-0.2, 0) is 11.3 Å². The molecule has 1 aromatic carbocycles. The van der Waals surface area contributed by atoms with Gasteiger partial charge in [-0.15, -0.1) is 0 Å². The van der Waals surface area contributed by atoms with Gasteiger partial charge in [0.2, 0.25) is 0 Å². The largest absolute Gasteiger partial charge is 0.481 e. The fourth-order valence-corrected chi connectivity index (χ4v) is 2.84. The fourth-order valence-electron chi connectivity index (χ4n) is 2.84. The Balaban J connectivity index is 1.75. The summed E-state index contributed by atoms with van der Waals surface area (Å²) in [7, 11) is 0. The van der Waals surface area contributed by atoms with Crippen molar-refractivity contribution < 1.29 is 15.0 Å². The van der Waals surface area contributed by atoms with Crippen molar-refractivity contribution in [2.45, 2.75) is 51.2 Å². The minimum Gasteiger partial charge on any atom is -0.481 e. The van der Waals surface area contributed by atoms with Gasteiger partial charge in [0.1, 0.15) is 0 Å². The lowest BCUT2D eigenvalue weighted by atomic mass is 9.87. The van der Waals surface area contributed by atoms with Crippen molar-refractivity contribution in [3.8, 4) is 0 Å². The lowest BCUT2D eigenvalue weighted by Gasteiger charge is -2.25. The lowest BCUT2D eigenvalue weighted by Crippen LogP contribution is -2.27. The number of nitrogens with one attached hydrogen (secondary N) is 1. The second-order valence-corrected chi connectivity index (χ2v) is 6.11. The number of rotatable bonds is 6. The van der Waals surface area contributed by atoms with Crippen molar-refractivity contribution in [2.24, 2.45) is 5.92 Å². The molecule has 0 heterocycles. The van der Waals surface area contributed by atoms with Crippen molar-refractivity contribution in [1.82, 2.24) is 5.32 Å². The minimum atomic E-state index is -0.791. The Bertz CT molecular complexity index is 450. The number of aliphatic hydroxyl groups excluding tert-OH is 1. The molecule has 1 aliphatic rings. The van der Waals surface area contributed by atoms with E-state index in [1.54, 1.807) is 6.92 Å². The van der Waals surface area contributed by atoms with E-state index in [0.717, 1.165) is 44.3 Å². The molecule has 0 amide bonds. The quantitative estimate of drug-likeness (QED) is 0.753. The van der Waals surface area contributed by atoms with E-state index in [1.807, 2.05) is 24.3 Å². The van der Waals surface area contributed by atoms with E-state index < -0.39 is 11.9 Å². The Morgan fingerprint density at radius 3 is 2.43 bits per heavy atom. The van der Waals surface area contributed by atoms with E-state index in [2.05, 4.69) is 5.32 Å². The molecule has 0 radical (unpaired) electrons. The molecule has 1 saturated carbocycles. The maximum absolute atomic E-state index is 10.9. The number of hydrogen-bond acceptors (Lipinski definition) is 3. The summed E-state index contributed by atoms with van der Waals surface area (Å²) in [6, 6.07) is 7.78. The Kier molecular flexibility index (Phi) is 5.76. The molecule has 1 unspecified atom stereocenters. The molecule has 1 atom stereocenters. The molecular weight excluding hydrogens is 266 g/mol. The van der Waals surface area contributed by atoms with Crippen LogP contribution in [0.1, 0.15) is 49.7 Å². The number of aliphatic hydroxyl groups is 1. The van der Waals surface area contributed by atoms with Crippen molar-refractivity contribution in [2.75, 3.05) is 6.54 Å². The lowest BCUT2D eigenvalue weighted by molar-refractivity contribution is -0.138. The highest BCUT2D eigenvalue weighted by atomic mass is 16.4. The summed E-state index contributed by atoms with van der Waals surface area (Å²) >= 11 is 0. The number of hydrogen-bond donors (Lipinski definition) is 3. The van der Waals surface area contributed by atoms with Crippen LogP contribution in [0.5, 0.6) is 0 Å². The predicted octanol–water partition coefficient (Wildman–Crippen LogP) is 2.52. The van der Waals surface area contributed by atoms with Crippen LogP contribution in [-0.4, -0.2) is 28.8 Å². The molecule has 116 valence electrons. The average molecular weight is 291 g/mol. The van der Waals surface area contributed by atoms with Gasteiger partial charge in [-0.25, -0.2) is 0 Å². The summed E-state index contributed by atoms with van der Waals surface area (Å²) in [5, 5.41) is 21.9. The Hall–Kier alpha value is -1.39. The molecule has 0 saturated heterocycles. The highest BCUT2D eigenvalue weighted by molar-refractivity contribution is 5.75. The van der Waals surface area contributed by atoms with Crippen molar-refractivity contribution in [3.05, 3.63) is 35.4 Å². The van der Waals surface area contributed by atoms with Gasteiger partial charge in [0, 0.05) is 6.54 Å². The van der Waals surface area contributed by atoms with Gasteiger partial charge in [-0.1, -0.05) is 24.3 Å². The highest BCUT2D eigenvalue weighted by Gasteiger charge is 2.18. The zero-order valence-electron chi connectivity index (χ0n) is 12.6. The van der Waals surface area contributed by atoms with E-state index in [-0.39, 0.29) is 6.10 Å². The van der Waals surface area contributed by atoms with Crippen LogP contribution in [0.4, 0.5) is 0 Å². The molecule has 0 aliphatic heterocycles. The van der Waals surface area contributed by atoms with Crippen LogP contribution in [0.2, 0.25) is 0 Å². The third-order valence-corrected chi connectivity index (χ3v) is 4.43. The van der Waals surface area contributed by atoms with Crippen LogP contribution < -0.4 is 5.32 Å². The second kappa shape index (κ2) is 7.57. The highest BCUT2D eigenvalue weighted by Crippen LogP contribution is 2.23. The van der Waals surface area contributed by atoms with Gasteiger partial charge in [0.05, 0.1) is 12.0 Å². The van der Waals surface area contributed by atoms with Crippen LogP contribution in [0.3, 0.4) is 0 Å². The fraction of sp³-hybridized carbons (Fsp3) is 0.588. The number of benzene rings is 1. The van der Waals surface area contributed by atoms with Gasteiger partial charge < -0.3 is 15.5 Å². The first kappa shape index (κ1) is 16.0. The first-order valence-corrected chi connectivity index (χ1v) is 7.76. The Labute approximate surface area is 126 Å². The van der Waals surface area contributed by atoms with Crippen LogP contribution >= 0.6 is 0 Å². The first-order chi connectivity index (χ1) is 10.1. The monoisotopic (exact) mass is 291 g/mol. The van der Waals surface area contributed by atoms with Crippen molar-refractivity contribution in [1.29, 1.82) is 0 Å². The standard InChI is InChI=1S/C17H25NO3/c1-12(17(20)21)15-6-2-13(3-7-15)10-18-11-14-4-8-16(19)9-5-14/h2-3,6-7,12,14,16,18-19H,4-5,8-11H2,1H3,(H,20,21). The third kappa shape index (κ3) is 4.83. The Morgan fingerprint density at radius 1 is 1.24 bits per heavy atom. The molecule has 1 fully saturated rings. The average Bonchev–Trinajstić information content (AvgIpc) is 2.49. The molecule has 3 N–H and O–H groups in total. The minimum absolute atomic E-state index is 0.0926. The smallest absolute Gasteiger partial charge is 0.310 e. The van der Waals surface area contributed by atoms with E-state index in [4.69, 9.17) is 5.11 Å². The summed E-state index contributed by atoms with van der Waals surface area (Å²) in [6.07, 6.45) is 3.96. The molecule has 0 aromatic heterocycles. The molecular formula is C17H25NO3. The summed E-state index contributed by atoms with van der Waals surface area (Å²) in [5.74, 6) is -0.583. The summed E-state index contributed by atoms with van der Waals surface area (Å²) in [5.41, 5.74) is 2.01. The summed E-state index contributed by atoms with van der Waals surface area (Å²) in [6.45, 7) is 3.49. The number of carbonyl (C=O) groups is 1. The summed E-state index contributed by atoms with van der Waals surface area (Å²) < 4.78 is 0. The number of aliphatic carboxylic acids is 1. The van der Waals surface area contributed by atoms with Gasteiger partial charge in [-0.2, -0.15) is 0 Å². The molecule has 4 nitrogen and oxygen atoms in total. The molecule has 2 rings (SSSR count). The van der Waals surface area contributed by atoms with Gasteiger partial charge in [0.25, 0.3) is 0 Å². The molecule has 1 aromatic rings. The van der Waals surface area contributed by atoms with Gasteiger partial charge in [0.15, 0.2) is 0 Å². The molecule has 21 heavy (non-hydrogen) atoms. The summed E-state index contributed by atoms with van der Waals surface area (Å²) in [4.78, 5) is 10.9. The maximum Gasteiger partial charge on any atom is 0.310 e. The third-order valence-electron chi connectivity index (χ3n) is 4.43. The maximum atomic E-state index is 10.9. The number of carboxylic acid groups (broad SMARTS) is 1. The number of carboxylic acids is 1. The topological polar surface area (TPSA) is 69.6 Å². The Morgan fingerprint density at radius 2 is 1.86 bits per heavy atom. The molecule has 0 spiro atoms. The van der Waals surface area contributed by atoms with Gasteiger partial charge >= 0.3 is 5.97 Å². The van der Waals surface area contributed by atoms with Crippen LogP contribution in [0.15, 0.2) is 24.3 Å². The van der Waals surface area contributed by atoms with Crippen molar-refractivity contribution in [3.63, 3.8) is 0 Å². The SMILES string of the molecule is CC(C(=O)O)c1ccc(CNCC2CCC(O)CC2)cc1. The normalized spacial score (nSPS) is 23.7. The predicted molar refractivity (Wildman–Crippen MR) is 82.2 cm³/mol. The van der Waals surface area contributed by atoms with E-state index >= 15 is 0 Å². The molecule has 0 bridgehead atoms. The zero-order chi connectivity index (χ0) is 15.2. The van der Waals surface area contributed by atoms with E-state index in [0.29, 0.717) is 5.92 Å². The van der Waals surface area contributed by atoms with E-state index in [1.165, 1.54) is 5.56 Å². The van der Waals surface area contributed by atoms with Crippen molar-refractivity contribution >= 4 is 5.97 Å². The van der Waals surface area contributed by atoms with Crippen LogP contribution in [0.25, 0.3) is 0 Å². The van der Waals surface area contributed by atoms with Crippen LogP contribution in [0, 0.1) is 5.92 Å². The van der Waals surface area contributed by atoms with Gasteiger partial charge in [-0.3, -0.25) is 4.79 Å². The molecule has 1 aliphatic carbocycles. The van der Waals surface area contributed by atoms with E-state index in [9.17, 15) is 9.90 Å². The van der Waals surface area contributed by atoms with Gasteiger partial charge in [-0.05, 0) is 56.2 Å². The first-order valence-electron chi connectivity index (χ1n) is 7.76. The second-order valence-electron chi connectivity index (χ2n) is 6.11.